The van der Waals surface area contributed by atoms with E-state index >= 15 is 0 Å². The maximum absolute atomic E-state index is 13.2. The topological polar surface area (TPSA) is 27.6 Å². The van der Waals surface area contributed by atoms with Gasteiger partial charge in [0.15, 0.2) is 5.96 Å². The van der Waals surface area contributed by atoms with Crippen molar-refractivity contribution in [2.75, 3.05) is 13.6 Å². The van der Waals surface area contributed by atoms with Crippen LogP contribution in [0.2, 0.25) is 0 Å². The molecule has 0 saturated carbocycles. The minimum Gasteiger partial charge on any atom is -0.352 e. The normalized spacial score (nSPS) is 19.5. The van der Waals surface area contributed by atoms with Crippen LogP contribution in [0.1, 0.15) is 33.3 Å². The van der Waals surface area contributed by atoms with Crippen LogP contribution >= 0.6 is 24.0 Å². The summed E-state index contributed by atoms with van der Waals surface area (Å²) >= 11 is 0. The minimum absolute atomic E-state index is 0. The van der Waals surface area contributed by atoms with Gasteiger partial charge in [-0.05, 0) is 31.5 Å². The first-order valence-electron chi connectivity index (χ1n) is 7.01. The van der Waals surface area contributed by atoms with Crippen LogP contribution in [0.25, 0.3) is 0 Å². The molecule has 0 aromatic heterocycles. The van der Waals surface area contributed by atoms with Crippen molar-refractivity contribution in [2.24, 2.45) is 10.4 Å². The number of hydrogen-bond donors (Lipinski definition) is 1. The van der Waals surface area contributed by atoms with E-state index in [-0.39, 0.29) is 40.7 Å². The smallest absolute Gasteiger partial charge is 0.194 e. The molecule has 1 aromatic rings. The third-order valence-electron chi connectivity index (χ3n) is 4.69. The van der Waals surface area contributed by atoms with Crippen LogP contribution in [-0.4, -0.2) is 30.0 Å². The maximum atomic E-state index is 13.2. The van der Waals surface area contributed by atoms with E-state index in [4.69, 9.17) is 0 Å². The molecule has 1 N–H and O–H groups in total. The van der Waals surface area contributed by atoms with Crippen molar-refractivity contribution >= 4 is 29.9 Å². The first kappa shape index (κ1) is 18.2. The molecule has 0 atom stereocenters. The lowest BCUT2D eigenvalue weighted by molar-refractivity contribution is -0.0667. The van der Waals surface area contributed by atoms with E-state index < -0.39 is 0 Å². The Labute approximate surface area is 144 Å². The molecule has 118 valence electrons. The van der Waals surface area contributed by atoms with Gasteiger partial charge in [0.1, 0.15) is 5.82 Å². The van der Waals surface area contributed by atoms with Gasteiger partial charge >= 0.3 is 0 Å². The predicted molar refractivity (Wildman–Crippen MR) is 96.6 cm³/mol. The highest BCUT2D eigenvalue weighted by Crippen LogP contribution is 2.46. The first-order chi connectivity index (χ1) is 9.28. The van der Waals surface area contributed by atoms with Crippen molar-refractivity contribution in [3.8, 4) is 0 Å². The lowest BCUT2D eigenvalue weighted by atomic mass is 9.65. The summed E-state index contributed by atoms with van der Waals surface area (Å²) < 4.78 is 13.2. The molecule has 1 aromatic carbocycles. The van der Waals surface area contributed by atoms with Crippen LogP contribution in [0.4, 0.5) is 4.39 Å². The van der Waals surface area contributed by atoms with Gasteiger partial charge in [-0.3, -0.25) is 4.99 Å². The lowest BCUT2D eigenvalue weighted by Gasteiger charge is -2.62. The monoisotopic (exact) mass is 405 g/mol. The quantitative estimate of drug-likeness (QED) is 0.462. The molecular weight excluding hydrogens is 380 g/mol. The average molecular weight is 405 g/mol. The number of likely N-dealkylation sites (tertiary alicyclic amines) is 1. The number of nitrogens with zero attached hydrogens (tertiary/aromatic N) is 2. The molecule has 2 rings (SSSR count). The summed E-state index contributed by atoms with van der Waals surface area (Å²) in [6.45, 7) is 10.5. The molecule has 0 radical (unpaired) electrons. The third-order valence-corrected chi connectivity index (χ3v) is 4.69. The van der Waals surface area contributed by atoms with Crippen LogP contribution in [-0.2, 0) is 6.54 Å². The second-order valence-corrected chi connectivity index (χ2v) is 6.56. The fourth-order valence-electron chi connectivity index (χ4n) is 2.52. The van der Waals surface area contributed by atoms with Crippen molar-refractivity contribution in [3.63, 3.8) is 0 Å². The van der Waals surface area contributed by atoms with Gasteiger partial charge in [-0.15, -0.1) is 24.0 Å². The number of aliphatic imine (C=N–C) groups is 1. The molecule has 1 heterocycles. The van der Waals surface area contributed by atoms with E-state index in [0.29, 0.717) is 6.54 Å². The second kappa shape index (κ2) is 6.50. The molecule has 1 aliphatic heterocycles. The number of hydrogen-bond acceptors (Lipinski definition) is 1. The summed E-state index contributed by atoms with van der Waals surface area (Å²) in [5, 5.41) is 3.32. The Morgan fingerprint density at radius 2 is 2.00 bits per heavy atom. The third kappa shape index (κ3) is 3.49. The predicted octanol–water partition coefficient (Wildman–Crippen LogP) is 3.64. The summed E-state index contributed by atoms with van der Waals surface area (Å²) in [5.41, 5.74) is 1.25. The van der Waals surface area contributed by atoms with E-state index in [1.165, 1.54) is 6.07 Å². The lowest BCUT2D eigenvalue weighted by Crippen LogP contribution is -2.72. The molecule has 5 heteroatoms. The van der Waals surface area contributed by atoms with E-state index in [0.717, 1.165) is 18.1 Å². The van der Waals surface area contributed by atoms with Crippen molar-refractivity contribution in [1.29, 1.82) is 0 Å². The summed E-state index contributed by atoms with van der Waals surface area (Å²) in [6, 6.07) is 6.64. The molecule has 0 amide bonds. The molecule has 0 bridgehead atoms. The zero-order chi connectivity index (χ0) is 15.0. The SMILES string of the molecule is CN=C(NCc1cccc(F)c1)N1CC(C)(C)C1(C)C.I. The van der Waals surface area contributed by atoms with Crippen LogP contribution in [0.3, 0.4) is 0 Å². The number of halogens is 2. The van der Waals surface area contributed by atoms with Crippen molar-refractivity contribution in [1.82, 2.24) is 10.2 Å². The van der Waals surface area contributed by atoms with Gasteiger partial charge in [0, 0.05) is 31.1 Å². The first-order valence-corrected chi connectivity index (χ1v) is 7.01. The van der Waals surface area contributed by atoms with Gasteiger partial charge < -0.3 is 10.2 Å². The Balaban J connectivity index is 0.00000220. The average Bonchev–Trinajstić information content (AvgIpc) is 2.38. The molecule has 0 spiro atoms. The highest BCUT2D eigenvalue weighted by Gasteiger charge is 2.53. The van der Waals surface area contributed by atoms with Crippen LogP contribution in [0, 0.1) is 11.2 Å². The van der Waals surface area contributed by atoms with Crippen molar-refractivity contribution in [2.45, 2.75) is 39.8 Å². The van der Waals surface area contributed by atoms with Gasteiger partial charge in [0.05, 0.1) is 0 Å². The van der Waals surface area contributed by atoms with Gasteiger partial charge in [-0.1, -0.05) is 26.0 Å². The number of guanidine groups is 1. The van der Waals surface area contributed by atoms with Gasteiger partial charge in [0.2, 0.25) is 0 Å². The van der Waals surface area contributed by atoms with E-state index in [1.807, 2.05) is 6.07 Å². The Morgan fingerprint density at radius 3 is 2.48 bits per heavy atom. The van der Waals surface area contributed by atoms with Crippen LogP contribution in [0.5, 0.6) is 0 Å². The molecule has 0 unspecified atom stereocenters. The maximum Gasteiger partial charge on any atom is 0.194 e. The Bertz CT molecular complexity index is 526. The number of rotatable bonds is 2. The highest BCUT2D eigenvalue weighted by molar-refractivity contribution is 14.0. The van der Waals surface area contributed by atoms with Crippen LogP contribution in [0.15, 0.2) is 29.3 Å². The fraction of sp³-hybridized carbons (Fsp3) is 0.562. The summed E-state index contributed by atoms with van der Waals surface area (Å²) in [6.07, 6.45) is 0. The van der Waals surface area contributed by atoms with Gasteiger partial charge in [-0.25, -0.2) is 4.39 Å². The minimum atomic E-state index is -0.204. The zero-order valence-electron chi connectivity index (χ0n) is 13.4. The largest absolute Gasteiger partial charge is 0.352 e. The molecule has 1 fully saturated rings. The van der Waals surface area contributed by atoms with E-state index in [9.17, 15) is 4.39 Å². The Kier molecular flexibility index (Phi) is 5.63. The number of nitrogens with one attached hydrogen (secondary N) is 1. The highest BCUT2D eigenvalue weighted by atomic mass is 127. The molecule has 21 heavy (non-hydrogen) atoms. The van der Waals surface area contributed by atoms with Crippen LogP contribution < -0.4 is 5.32 Å². The summed E-state index contributed by atoms with van der Waals surface area (Å²) in [5.74, 6) is 0.670. The molecule has 0 aliphatic carbocycles. The second-order valence-electron chi connectivity index (χ2n) is 6.56. The molecule has 1 aliphatic rings. The number of benzene rings is 1. The molecular formula is C16H25FIN3. The zero-order valence-corrected chi connectivity index (χ0v) is 15.7. The fourth-order valence-corrected chi connectivity index (χ4v) is 2.52. The summed E-state index contributed by atoms with van der Waals surface area (Å²) in [7, 11) is 1.79. The standard InChI is InChI=1S/C16H24FN3.HI/c1-15(2)11-20(16(15,3)4)14(18-5)19-10-12-7-6-8-13(17)9-12;/h6-9H,10-11H2,1-5H3,(H,18,19);1H. The Hall–Kier alpha value is -0.850. The van der Waals surface area contributed by atoms with E-state index in [1.54, 1.807) is 19.2 Å². The molecule has 3 nitrogen and oxygen atoms in total. The van der Waals surface area contributed by atoms with E-state index in [2.05, 4.69) is 42.9 Å². The molecule has 1 saturated heterocycles. The Morgan fingerprint density at radius 1 is 1.33 bits per heavy atom. The van der Waals surface area contributed by atoms with Gasteiger partial charge in [-0.2, -0.15) is 0 Å². The van der Waals surface area contributed by atoms with Gasteiger partial charge in [0.25, 0.3) is 0 Å². The van der Waals surface area contributed by atoms with Crippen molar-refractivity contribution < 1.29 is 4.39 Å². The summed E-state index contributed by atoms with van der Waals surface area (Å²) in [4.78, 5) is 6.62. The van der Waals surface area contributed by atoms with Crippen molar-refractivity contribution in [3.05, 3.63) is 35.6 Å².